The lowest BCUT2D eigenvalue weighted by Crippen LogP contribution is -2.43. The van der Waals surface area contributed by atoms with Crippen molar-refractivity contribution < 1.29 is 9.59 Å². The summed E-state index contributed by atoms with van der Waals surface area (Å²) in [4.78, 5) is 49.1. The summed E-state index contributed by atoms with van der Waals surface area (Å²) < 4.78 is 0. The van der Waals surface area contributed by atoms with Gasteiger partial charge in [0.05, 0.1) is 6.54 Å². The molecule has 26 heavy (non-hydrogen) atoms. The second-order valence-corrected chi connectivity index (χ2v) is 6.98. The predicted molar refractivity (Wildman–Crippen MR) is 96.9 cm³/mol. The quantitative estimate of drug-likeness (QED) is 0.837. The Morgan fingerprint density at radius 2 is 1.62 bits per heavy atom. The topological polar surface area (TPSA) is 89.6 Å². The molecule has 0 bridgehead atoms. The van der Waals surface area contributed by atoms with Crippen molar-refractivity contribution in [1.29, 1.82) is 0 Å². The number of rotatable bonds is 3. The Bertz CT molecular complexity index is 681. The molecule has 3 rings (SSSR count). The summed E-state index contributed by atoms with van der Waals surface area (Å²) in [5.74, 6) is -0.231. The van der Waals surface area contributed by atoms with E-state index in [1.54, 1.807) is 4.90 Å². The fraction of sp³-hybridized carbons (Fsp3) is 0.667. The van der Waals surface area contributed by atoms with Crippen LogP contribution in [-0.2, 0) is 4.79 Å². The molecule has 0 radical (unpaired) electrons. The molecule has 1 aromatic rings. The van der Waals surface area contributed by atoms with Crippen LogP contribution in [0.2, 0.25) is 0 Å². The van der Waals surface area contributed by atoms with Gasteiger partial charge in [-0.1, -0.05) is 12.8 Å². The summed E-state index contributed by atoms with van der Waals surface area (Å²) in [6.45, 7) is 4.56. The molecule has 0 saturated carbocycles. The average Bonchev–Trinajstić information content (AvgIpc) is 3.04. The molecule has 0 spiro atoms. The molecule has 142 valence electrons. The Kier molecular flexibility index (Phi) is 6.38. The molecule has 8 heteroatoms. The highest BCUT2D eigenvalue weighted by Gasteiger charge is 2.25. The van der Waals surface area contributed by atoms with E-state index in [1.165, 1.54) is 25.2 Å². The average molecular weight is 361 g/mol. The lowest BCUT2D eigenvalue weighted by atomic mass is 10.2. The molecule has 0 atom stereocenters. The maximum absolute atomic E-state index is 12.6. The highest BCUT2D eigenvalue weighted by molar-refractivity contribution is 5.92. The Morgan fingerprint density at radius 3 is 2.35 bits per heavy atom. The smallest absolute Gasteiger partial charge is 0.279 e. The number of nitrogens with zero attached hydrogens (tertiary/aromatic N) is 4. The molecule has 0 aliphatic carbocycles. The largest absolute Gasteiger partial charge is 0.340 e. The number of H-pyrrole nitrogens is 1. The van der Waals surface area contributed by atoms with Crippen LogP contribution in [0.1, 0.15) is 42.6 Å². The maximum Gasteiger partial charge on any atom is 0.279 e. The van der Waals surface area contributed by atoms with E-state index in [-0.39, 0.29) is 17.5 Å². The third-order valence-electron chi connectivity index (χ3n) is 5.10. The van der Waals surface area contributed by atoms with Crippen LogP contribution in [0.25, 0.3) is 0 Å². The van der Waals surface area contributed by atoms with Gasteiger partial charge in [-0.15, -0.1) is 0 Å². The fourth-order valence-corrected chi connectivity index (χ4v) is 3.61. The zero-order valence-electron chi connectivity index (χ0n) is 15.2. The fourth-order valence-electron chi connectivity index (χ4n) is 3.61. The van der Waals surface area contributed by atoms with Gasteiger partial charge in [0, 0.05) is 38.6 Å². The van der Waals surface area contributed by atoms with E-state index >= 15 is 0 Å². The normalized spacial score (nSPS) is 19.7. The van der Waals surface area contributed by atoms with Crippen molar-refractivity contribution in [3.8, 4) is 0 Å². The van der Waals surface area contributed by atoms with Gasteiger partial charge in [0.2, 0.25) is 5.91 Å². The van der Waals surface area contributed by atoms with Crippen LogP contribution in [0.15, 0.2) is 17.2 Å². The summed E-state index contributed by atoms with van der Waals surface area (Å²) in [6, 6.07) is 0. The van der Waals surface area contributed by atoms with Crippen molar-refractivity contribution in [3.05, 3.63) is 28.4 Å². The number of aromatic nitrogens is 2. The third kappa shape index (κ3) is 4.69. The molecule has 2 fully saturated rings. The van der Waals surface area contributed by atoms with E-state index < -0.39 is 5.56 Å². The van der Waals surface area contributed by atoms with E-state index in [9.17, 15) is 14.4 Å². The summed E-state index contributed by atoms with van der Waals surface area (Å²) in [5.41, 5.74) is -0.562. The first-order chi connectivity index (χ1) is 12.6. The zero-order valence-corrected chi connectivity index (χ0v) is 15.2. The minimum Gasteiger partial charge on any atom is -0.340 e. The number of hydrogen-bond acceptors (Lipinski definition) is 5. The first kappa shape index (κ1) is 18.6. The van der Waals surface area contributed by atoms with E-state index in [1.807, 2.05) is 4.90 Å². The van der Waals surface area contributed by atoms with Crippen LogP contribution < -0.4 is 5.56 Å². The molecular weight excluding hydrogens is 334 g/mol. The first-order valence-corrected chi connectivity index (χ1v) is 9.48. The molecule has 2 amide bonds. The molecule has 2 saturated heterocycles. The maximum atomic E-state index is 12.6. The molecule has 1 N–H and O–H groups in total. The highest BCUT2D eigenvalue weighted by Crippen LogP contribution is 2.11. The van der Waals surface area contributed by atoms with Gasteiger partial charge in [-0.3, -0.25) is 19.3 Å². The Morgan fingerprint density at radius 1 is 0.923 bits per heavy atom. The molecule has 2 aliphatic rings. The van der Waals surface area contributed by atoms with Gasteiger partial charge in [-0.25, -0.2) is 4.98 Å². The van der Waals surface area contributed by atoms with Crippen LogP contribution in [-0.4, -0.2) is 82.3 Å². The van der Waals surface area contributed by atoms with E-state index in [2.05, 4.69) is 14.9 Å². The van der Waals surface area contributed by atoms with E-state index in [0.717, 1.165) is 25.9 Å². The van der Waals surface area contributed by atoms with E-state index in [4.69, 9.17) is 0 Å². The summed E-state index contributed by atoms with van der Waals surface area (Å²) in [5, 5.41) is 0. The van der Waals surface area contributed by atoms with Gasteiger partial charge in [0.25, 0.3) is 11.5 Å². The molecule has 0 unspecified atom stereocenters. The first-order valence-electron chi connectivity index (χ1n) is 9.48. The number of hydrogen-bond donors (Lipinski definition) is 1. The highest BCUT2D eigenvalue weighted by atomic mass is 16.2. The van der Waals surface area contributed by atoms with Crippen molar-refractivity contribution in [2.75, 3.05) is 45.8 Å². The number of amides is 2. The van der Waals surface area contributed by atoms with E-state index in [0.29, 0.717) is 39.1 Å². The monoisotopic (exact) mass is 361 g/mol. The molecule has 8 nitrogen and oxygen atoms in total. The van der Waals surface area contributed by atoms with Gasteiger partial charge in [-0.2, -0.15) is 0 Å². The minimum absolute atomic E-state index is 0.0863. The van der Waals surface area contributed by atoms with Gasteiger partial charge < -0.3 is 14.8 Å². The number of carbonyl (C=O) groups excluding carboxylic acids is 2. The Hall–Kier alpha value is -2.22. The molecule has 3 heterocycles. The number of carbonyl (C=O) groups is 2. The standard InChI is InChI=1S/C18H27N5O3/c24-15(14-21-8-3-1-2-4-9-21)22-10-5-11-23(13-12-22)18(26)16-17(25)20-7-6-19-16/h6-7H,1-5,8-14H2,(H,20,25). The molecule has 2 aliphatic heterocycles. The summed E-state index contributed by atoms with van der Waals surface area (Å²) >= 11 is 0. The zero-order chi connectivity index (χ0) is 18.4. The van der Waals surface area contributed by atoms with Gasteiger partial charge >= 0.3 is 0 Å². The second kappa shape index (κ2) is 8.93. The Labute approximate surface area is 153 Å². The molecular formula is C18H27N5O3. The predicted octanol–water partition coefficient (Wildman–Crippen LogP) is 0.320. The van der Waals surface area contributed by atoms with Gasteiger partial charge in [0.15, 0.2) is 5.69 Å². The minimum atomic E-state index is -0.476. The summed E-state index contributed by atoms with van der Waals surface area (Å²) in [7, 11) is 0. The van der Waals surface area contributed by atoms with Crippen LogP contribution in [0.3, 0.4) is 0 Å². The lowest BCUT2D eigenvalue weighted by Gasteiger charge is -2.25. The third-order valence-corrected chi connectivity index (χ3v) is 5.10. The number of aromatic amines is 1. The summed E-state index contributed by atoms with van der Waals surface area (Å²) in [6.07, 6.45) is 8.34. The van der Waals surface area contributed by atoms with Crippen molar-refractivity contribution in [3.63, 3.8) is 0 Å². The lowest BCUT2D eigenvalue weighted by molar-refractivity contribution is -0.132. The number of nitrogens with one attached hydrogen (secondary N) is 1. The molecule has 0 aromatic carbocycles. The van der Waals surface area contributed by atoms with Crippen molar-refractivity contribution in [2.24, 2.45) is 0 Å². The van der Waals surface area contributed by atoms with Crippen LogP contribution in [0.4, 0.5) is 0 Å². The van der Waals surface area contributed by atoms with Gasteiger partial charge in [-0.05, 0) is 32.4 Å². The number of likely N-dealkylation sites (tertiary alicyclic amines) is 1. The Balaban J connectivity index is 1.56. The van der Waals surface area contributed by atoms with Crippen molar-refractivity contribution >= 4 is 11.8 Å². The molecule has 1 aromatic heterocycles. The van der Waals surface area contributed by atoms with Crippen LogP contribution in [0.5, 0.6) is 0 Å². The second-order valence-electron chi connectivity index (χ2n) is 6.98. The van der Waals surface area contributed by atoms with Crippen LogP contribution >= 0.6 is 0 Å². The van der Waals surface area contributed by atoms with Crippen molar-refractivity contribution in [1.82, 2.24) is 24.7 Å². The van der Waals surface area contributed by atoms with Crippen molar-refractivity contribution in [2.45, 2.75) is 32.1 Å². The SMILES string of the molecule is O=C(CN1CCCCCC1)N1CCCN(C(=O)c2ncc[nH]c2=O)CC1. The van der Waals surface area contributed by atoms with Gasteiger partial charge in [0.1, 0.15) is 0 Å². The van der Waals surface area contributed by atoms with Crippen LogP contribution in [0, 0.1) is 0 Å².